The highest BCUT2D eigenvalue weighted by Gasteiger charge is 2.16. The van der Waals surface area contributed by atoms with E-state index in [1.165, 1.54) is 32.4 Å². The maximum atomic E-state index is 3.21. The molecule has 1 nitrogen and oxygen atoms in total. The van der Waals surface area contributed by atoms with Crippen LogP contribution in [0.5, 0.6) is 0 Å². The Hall–Kier alpha value is -0.480. The second-order valence-corrected chi connectivity index (χ2v) is 3.83. The lowest BCUT2D eigenvalue weighted by molar-refractivity contribution is 0.200. The van der Waals surface area contributed by atoms with Crippen molar-refractivity contribution in [3.8, 4) is 11.8 Å². The smallest absolute Gasteiger partial charge is 0.0601 e. The molecule has 1 rings (SSSR count). The van der Waals surface area contributed by atoms with Crippen LogP contribution >= 0.6 is 0 Å². The zero-order valence-corrected chi connectivity index (χ0v) is 8.97. The molecule has 1 aliphatic heterocycles. The monoisotopic (exact) mass is 179 g/mol. The molecule has 0 bridgehead atoms. The summed E-state index contributed by atoms with van der Waals surface area (Å²) in [5.74, 6) is 7.32. The summed E-state index contributed by atoms with van der Waals surface area (Å²) in [5, 5.41) is 0. The second kappa shape index (κ2) is 6.05. The SMILES string of the molecule is CCC#CCN1CCC(CC)CC1. The van der Waals surface area contributed by atoms with Gasteiger partial charge in [0.1, 0.15) is 0 Å². The lowest BCUT2D eigenvalue weighted by atomic mass is 9.94. The molecule has 0 aromatic carbocycles. The first-order valence-electron chi connectivity index (χ1n) is 5.54. The van der Waals surface area contributed by atoms with Gasteiger partial charge in [0, 0.05) is 6.42 Å². The molecular formula is C12H21N. The third-order valence-corrected chi connectivity index (χ3v) is 2.89. The fourth-order valence-electron chi connectivity index (χ4n) is 1.85. The molecule has 0 saturated carbocycles. The van der Waals surface area contributed by atoms with Crippen LogP contribution in [0.4, 0.5) is 0 Å². The van der Waals surface area contributed by atoms with E-state index in [4.69, 9.17) is 0 Å². The van der Waals surface area contributed by atoms with E-state index in [1.807, 2.05) is 0 Å². The normalized spacial score (nSPS) is 19.5. The first-order chi connectivity index (χ1) is 6.36. The molecule has 0 amide bonds. The van der Waals surface area contributed by atoms with Crippen LogP contribution in [0.3, 0.4) is 0 Å². The number of likely N-dealkylation sites (tertiary alicyclic amines) is 1. The molecule has 0 aliphatic carbocycles. The van der Waals surface area contributed by atoms with Gasteiger partial charge in [-0.3, -0.25) is 4.90 Å². The number of hydrogen-bond acceptors (Lipinski definition) is 1. The average molecular weight is 179 g/mol. The number of piperidine rings is 1. The zero-order valence-electron chi connectivity index (χ0n) is 8.97. The summed E-state index contributed by atoms with van der Waals surface area (Å²) in [6, 6.07) is 0. The fraction of sp³-hybridized carbons (Fsp3) is 0.833. The van der Waals surface area contributed by atoms with Crippen LogP contribution in [0.2, 0.25) is 0 Å². The van der Waals surface area contributed by atoms with Crippen molar-refractivity contribution in [1.82, 2.24) is 4.90 Å². The standard InChI is InChI=1S/C12H21N/c1-3-5-6-9-13-10-7-12(4-2)8-11-13/h12H,3-4,7-11H2,1-2H3. The third kappa shape index (κ3) is 3.83. The van der Waals surface area contributed by atoms with Crippen molar-refractivity contribution in [3.63, 3.8) is 0 Å². The van der Waals surface area contributed by atoms with E-state index in [2.05, 4.69) is 30.6 Å². The van der Waals surface area contributed by atoms with Gasteiger partial charge in [-0.15, -0.1) is 5.92 Å². The molecule has 1 heterocycles. The Balaban J connectivity index is 2.17. The Bertz CT molecular complexity index is 179. The Morgan fingerprint density at radius 2 is 1.85 bits per heavy atom. The second-order valence-electron chi connectivity index (χ2n) is 3.83. The average Bonchev–Trinajstić information content (AvgIpc) is 2.19. The van der Waals surface area contributed by atoms with Crippen LogP contribution in [0, 0.1) is 17.8 Å². The maximum Gasteiger partial charge on any atom is 0.0601 e. The van der Waals surface area contributed by atoms with Gasteiger partial charge in [0.15, 0.2) is 0 Å². The van der Waals surface area contributed by atoms with Crippen molar-refractivity contribution in [2.45, 2.75) is 39.5 Å². The van der Waals surface area contributed by atoms with Crippen molar-refractivity contribution < 1.29 is 0 Å². The van der Waals surface area contributed by atoms with Gasteiger partial charge in [0.05, 0.1) is 6.54 Å². The van der Waals surface area contributed by atoms with Gasteiger partial charge >= 0.3 is 0 Å². The summed E-state index contributed by atoms with van der Waals surface area (Å²) in [6.45, 7) is 7.92. The predicted octanol–water partition coefficient (Wildman–Crippen LogP) is 2.52. The number of hydrogen-bond donors (Lipinski definition) is 0. The largest absolute Gasteiger partial charge is 0.292 e. The molecule has 74 valence electrons. The van der Waals surface area contributed by atoms with Crippen molar-refractivity contribution in [1.29, 1.82) is 0 Å². The Morgan fingerprint density at radius 1 is 1.15 bits per heavy atom. The van der Waals surface area contributed by atoms with E-state index in [9.17, 15) is 0 Å². The van der Waals surface area contributed by atoms with Gasteiger partial charge < -0.3 is 0 Å². The lowest BCUT2D eigenvalue weighted by Crippen LogP contribution is -2.33. The minimum absolute atomic E-state index is 0.982. The molecule has 1 aliphatic rings. The molecule has 1 saturated heterocycles. The number of nitrogens with zero attached hydrogens (tertiary/aromatic N) is 1. The topological polar surface area (TPSA) is 3.24 Å². The van der Waals surface area contributed by atoms with E-state index in [0.717, 1.165) is 18.9 Å². The highest BCUT2D eigenvalue weighted by Crippen LogP contribution is 2.19. The molecule has 0 aromatic heterocycles. The van der Waals surface area contributed by atoms with Crippen molar-refractivity contribution in [3.05, 3.63) is 0 Å². The van der Waals surface area contributed by atoms with E-state index < -0.39 is 0 Å². The van der Waals surface area contributed by atoms with E-state index in [-0.39, 0.29) is 0 Å². The fourth-order valence-corrected chi connectivity index (χ4v) is 1.85. The summed E-state index contributed by atoms with van der Waals surface area (Å²) >= 11 is 0. The highest BCUT2D eigenvalue weighted by molar-refractivity contribution is 5.00. The highest BCUT2D eigenvalue weighted by atomic mass is 15.1. The summed E-state index contributed by atoms with van der Waals surface area (Å²) in [5.41, 5.74) is 0. The predicted molar refractivity (Wildman–Crippen MR) is 57.5 cm³/mol. The van der Waals surface area contributed by atoms with E-state index >= 15 is 0 Å². The first kappa shape index (κ1) is 10.6. The minimum Gasteiger partial charge on any atom is -0.292 e. The Kier molecular flexibility index (Phi) is 4.93. The van der Waals surface area contributed by atoms with Gasteiger partial charge in [-0.2, -0.15) is 0 Å². The molecule has 1 heteroatoms. The number of rotatable bonds is 2. The molecule has 0 unspecified atom stereocenters. The van der Waals surface area contributed by atoms with E-state index in [1.54, 1.807) is 0 Å². The molecule has 0 radical (unpaired) electrons. The zero-order chi connectivity index (χ0) is 9.52. The molecule has 0 aromatic rings. The van der Waals surface area contributed by atoms with Crippen molar-refractivity contribution >= 4 is 0 Å². The van der Waals surface area contributed by atoms with Crippen LogP contribution in [-0.2, 0) is 0 Å². The molecular weight excluding hydrogens is 158 g/mol. The van der Waals surface area contributed by atoms with Crippen molar-refractivity contribution in [2.24, 2.45) is 5.92 Å². The molecule has 0 atom stereocenters. The van der Waals surface area contributed by atoms with Gasteiger partial charge in [0.25, 0.3) is 0 Å². The maximum absolute atomic E-state index is 3.21. The minimum atomic E-state index is 0.982. The summed E-state index contributed by atoms with van der Waals surface area (Å²) in [7, 11) is 0. The Labute approximate surface area is 82.5 Å². The van der Waals surface area contributed by atoms with E-state index in [0.29, 0.717) is 0 Å². The molecule has 0 spiro atoms. The lowest BCUT2D eigenvalue weighted by Gasteiger charge is -2.29. The van der Waals surface area contributed by atoms with Crippen LogP contribution in [0.15, 0.2) is 0 Å². The van der Waals surface area contributed by atoms with Crippen LogP contribution in [-0.4, -0.2) is 24.5 Å². The van der Waals surface area contributed by atoms with Gasteiger partial charge in [-0.1, -0.05) is 26.2 Å². The van der Waals surface area contributed by atoms with Gasteiger partial charge in [-0.25, -0.2) is 0 Å². The van der Waals surface area contributed by atoms with Crippen LogP contribution in [0.25, 0.3) is 0 Å². The Morgan fingerprint density at radius 3 is 2.38 bits per heavy atom. The molecule has 13 heavy (non-hydrogen) atoms. The van der Waals surface area contributed by atoms with Crippen LogP contribution in [0.1, 0.15) is 39.5 Å². The summed E-state index contributed by atoms with van der Waals surface area (Å²) in [4.78, 5) is 2.48. The third-order valence-electron chi connectivity index (χ3n) is 2.89. The van der Waals surface area contributed by atoms with Crippen molar-refractivity contribution in [2.75, 3.05) is 19.6 Å². The summed E-state index contributed by atoms with van der Waals surface area (Å²) < 4.78 is 0. The van der Waals surface area contributed by atoms with Gasteiger partial charge in [0.2, 0.25) is 0 Å². The molecule has 1 fully saturated rings. The summed E-state index contributed by atoms with van der Waals surface area (Å²) in [6.07, 6.45) is 5.11. The van der Waals surface area contributed by atoms with Crippen LogP contribution < -0.4 is 0 Å². The van der Waals surface area contributed by atoms with Gasteiger partial charge in [-0.05, 0) is 31.8 Å². The first-order valence-corrected chi connectivity index (χ1v) is 5.54. The molecule has 0 N–H and O–H groups in total. The quantitative estimate of drug-likeness (QED) is 0.589.